The van der Waals surface area contributed by atoms with E-state index in [1.165, 1.54) is 5.38 Å². The van der Waals surface area contributed by atoms with Crippen molar-refractivity contribution in [1.82, 2.24) is 10.1 Å². The van der Waals surface area contributed by atoms with Gasteiger partial charge in [0.25, 0.3) is 0 Å². The van der Waals surface area contributed by atoms with Crippen LogP contribution in [-0.4, -0.2) is 10.1 Å². The fourth-order valence-electron chi connectivity index (χ4n) is 1.04. The lowest BCUT2D eigenvalue weighted by Gasteiger charge is -2.04. The fourth-order valence-corrected chi connectivity index (χ4v) is 1.89. The summed E-state index contributed by atoms with van der Waals surface area (Å²) in [5.41, 5.74) is -0.836. The standard InChI is InChI=1S/C7H3F3N2O2S.2C2H6/c8-7(9,10)3-1-2-15-4(3)5-11-6(13)14-12-5;2*1-2/h1-2H,(H,11,12,13);2*1-2H3. The molecule has 2 aromatic heterocycles. The van der Waals surface area contributed by atoms with Gasteiger partial charge in [-0.15, -0.1) is 11.3 Å². The predicted octanol–water partition coefficient (Wildman–Crippen LogP) is 4.16. The maximum atomic E-state index is 12.4. The molecule has 0 unspecified atom stereocenters. The van der Waals surface area contributed by atoms with Gasteiger partial charge in [0, 0.05) is 0 Å². The number of alkyl halides is 3. The smallest absolute Gasteiger partial charge is 0.296 e. The molecule has 0 fully saturated rings. The second-order valence-corrected chi connectivity index (χ2v) is 3.52. The Labute approximate surface area is 112 Å². The van der Waals surface area contributed by atoms with Crippen LogP contribution in [0.15, 0.2) is 20.8 Å². The van der Waals surface area contributed by atoms with E-state index in [1.54, 1.807) is 0 Å². The SMILES string of the molecule is CC.CC.O=c1[nH]c(-c2sccc2C(F)(F)F)no1. The minimum absolute atomic E-state index is 0.159. The molecule has 0 saturated heterocycles. The maximum absolute atomic E-state index is 12.4. The molecule has 2 rings (SSSR count). The average Bonchev–Trinajstić information content (AvgIpc) is 3.01. The van der Waals surface area contributed by atoms with E-state index in [1.807, 2.05) is 27.7 Å². The number of nitrogens with one attached hydrogen (secondary N) is 1. The molecular weight excluding hydrogens is 281 g/mol. The zero-order valence-electron chi connectivity index (χ0n) is 11.0. The molecule has 2 heterocycles. The van der Waals surface area contributed by atoms with Gasteiger partial charge < -0.3 is 0 Å². The van der Waals surface area contributed by atoms with Crippen LogP contribution in [-0.2, 0) is 6.18 Å². The Morgan fingerprint density at radius 3 is 2.26 bits per heavy atom. The summed E-state index contributed by atoms with van der Waals surface area (Å²) in [5, 5.41) is 4.47. The highest BCUT2D eigenvalue weighted by atomic mass is 32.1. The van der Waals surface area contributed by atoms with E-state index in [0.717, 1.165) is 17.4 Å². The molecule has 8 heteroatoms. The van der Waals surface area contributed by atoms with Crippen molar-refractivity contribution in [2.75, 3.05) is 0 Å². The first-order valence-corrected chi connectivity index (χ1v) is 6.57. The average molecular weight is 296 g/mol. The lowest BCUT2D eigenvalue weighted by Crippen LogP contribution is -2.05. The van der Waals surface area contributed by atoms with Crippen LogP contribution >= 0.6 is 11.3 Å². The molecule has 4 nitrogen and oxygen atoms in total. The molecule has 0 aliphatic rings. The Morgan fingerprint density at radius 1 is 1.26 bits per heavy atom. The van der Waals surface area contributed by atoms with Crippen LogP contribution in [0.25, 0.3) is 10.7 Å². The van der Waals surface area contributed by atoms with Crippen LogP contribution in [0, 0.1) is 0 Å². The van der Waals surface area contributed by atoms with Crippen LogP contribution in [0.5, 0.6) is 0 Å². The third-order valence-corrected chi connectivity index (χ3v) is 2.55. The summed E-state index contributed by atoms with van der Waals surface area (Å²) in [6.45, 7) is 8.00. The second kappa shape index (κ2) is 7.78. The second-order valence-electron chi connectivity index (χ2n) is 2.60. The molecular formula is C11H15F3N2O2S. The van der Waals surface area contributed by atoms with Crippen LogP contribution in [0.1, 0.15) is 33.3 Å². The lowest BCUT2D eigenvalue weighted by molar-refractivity contribution is -0.136. The molecule has 0 bridgehead atoms. The summed E-state index contributed by atoms with van der Waals surface area (Å²) >= 11 is 0.830. The first-order valence-electron chi connectivity index (χ1n) is 5.69. The molecule has 1 N–H and O–H groups in total. The molecule has 2 aromatic rings. The van der Waals surface area contributed by atoms with Crippen molar-refractivity contribution in [3.63, 3.8) is 0 Å². The maximum Gasteiger partial charge on any atom is 0.439 e. The molecule has 19 heavy (non-hydrogen) atoms. The van der Waals surface area contributed by atoms with Crippen LogP contribution in [0.4, 0.5) is 13.2 Å². The quantitative estimate of drug-likeness (QED) is 0.859. The normalized spacial score (nSPS) is 10.1. The Morgan fingerprint density at radius 2 is 1.84 bits per heavy atom. The number of hydrogen-bond donors (Lipinski definition) is 1. The van der Waals surface area contributed by atoms with Crippen molar-refractivity contribution in [2.45, 2.75) is 33.9 Å². The molecule has 0 aliphatic carbocycles. The van der Waals surface area contributed by atoms with Gasteiger partial charge >= 0.3 is 11.9 Å². The molecule has 0 amide bonds. The van der Waals surface area contributed by atoms with Gasteiger partial charge in [0.1, 0.15) is 0 Å². The van der Waals surface area contributed by atoms with Crippen molar-refractivity contribution in [3.8, 4) is 10.7 Å². The largest absolute Gasteiger partial charge is 0.439 e. The van der Waals surface area contributed by atoms with Gasteiger partial charge in [0.15, 0.2) is 5.82 Å². The number of nitrogens with zero attached hydrogens (tertiary/aromatic N) is 1. The van der Waals surface area contributed by atoms with Crippen molar-refractivity contribution in [2.24, 2.45) is 0 Å². The van der Waals surface area contributed by atoms with Crippen molar-refractivity contribution >= 4 is 11.3 Å². The third kappa shape index (κ3) is 4.55. The number of thiophene rings is 1. The van der Waals surface area contributed by atoms with Gasteiger partial charge in [-0.25, -0.2) is 4.79 Å². The predicted molar refractivity (Wildman–Crippen MR) is 68.1 cm³/mol. The summed E-state index contributed by atoms with van der Waals surface area (Å²) in [6.07, 6.45) is -4.47. The highest BCUT2D eigenvalue weighted by molar-refractivity contribution is 7.13. The first kappa shape index (κ1) is 17.4. The Balaban J connectivity index is 0.000000741. The summed E-state index contributed by atoms with van der Waals surface area (Å²) in [5.74, 6) is -1.09. The summed E-state index contributed by atoms with van der Waals surface area (Å²) in [6, 6.07) is 0.924. The zero-order chi connectivity index (χ0) is 15.1. The highest BCUT2D eigenvalue weighted by Crippen LogP contribution is 2.38. The molecule has 0 spiro atoms. The van der Waals surface area contributed by atoms with E-state index in [4.69, 9.17) is 0 Å². The monoisotopic (exact) mass is 296 g/mol. The number of aromatic amines is 1. The molecule has 0 saturated carbocycles. The third-order valence-electron chi connectivity index (χ3n) is 1.63. The number of hydrogen-bond acceptors (Lipinski definition) is 4. The van der Waals surface area contributed by atoms with Gasteiger partial charge in [-0.3, -0.25) is 9.51 Å². The van der Waals surface area contributed by atoms with E-state index in [0.29, 0.717) is 0 Å². The number of halogens is 3. The van der Waals surface area contributed by atoms with E-state index >= 15 is 0 Å². The van der Waals surface area contributed by atoms with E-state index in [-0.39, 0.29) is 10.7 Å². The molecule has 0 atom stereocenters. The van der Waals surface area contributed by atoms with Crippen LogP contribution in [0.3, 0.4) is 0 Å². The van der Waals surface area contributed by atoms with Crippen molar-refractivity contribution < 1.29 is 17.7 Å². The van der Waals surface area contributed by atoms with Gasteiger partial charge in [0.05, 0.1) is 10.4 Å². The van der Waals surface area contributed by atoms with E-state index in [2.05, 4.69) is 14.7 Å². The Hall–Kier alpha value is -1.57. The fraction of sp³-hybridized carbons (Fsp3) is 0.455. The summed E-state index contributed by atoms with van der Waals surface area (Å²) in [7, 11) is 0. The Kier molecular flexibility index (Phi) is 7.13. The topological polar surface area (TPSA) is 58.9 Å². The zero-order valence-corrected chi connectivity index (χ0v) is 11.8. The highest BCUT2D eigenvalue weighted by Gasteiger charge is 2.35. The molecule has 0 aromatic carbocycles. The van der Waals surface area contributed by atoms with Gasteiger partial charge in [-0.2, -0.15) is 13.2 Å². The van der Waals surface area contributed by atoms with E-state index in [9.17, 15) is 18.0 Å². The first-order chi connectivity index (χ1) is 8.98. The Bertz CT molecular complexity index is 528. The van der Waals surface area contributed by atoms with Gasteiger partial charge in [0.2, 0.25) is 0 Å². The summed E-state index contributed by atoms with van der Waals surface area (Å²) in [4.78, 5) is 12.5. The molecule has 108 valence electrons. The summed E-state index contributed by atoms with van der Waals surface area (Å²) < 4.78 is 41.4. The number of rotatable bonds is 1. The van der Waals surface area contributed by atoms with Crippen molar-refractivity contribution in [3.05, 3.63) is 27.6 Å². The number of H-pyrrole nitrogens is 1. The van der Waals surface area contributed by atoms with Gasteiger partial charge in [-0.05, 0) is 11.4 Å². The molecule has 0 aliphatic heterocycles. The van der Waals surface area contributed by atoms with Crippen LogP contribution in [0.2, 0.25) is 0 Å². The minimum Gasteiger partial charge on any atom is -0.296 e. The lowest BCUT2D eigenvalue weighted by atomic mass is 10.2. The minimum atomic E-state index is -4.47. The van der Waals surface area contributed by atoms with Gasteiger partial charge in [-0.1, -0.05) is 32.9 Å². The van der Waals surface area contributed by atoms with Crippen molar-refractivity contribution in [1.29, 1.82) is 0 Å². The molecule has 0 radical (unpaired) electrons. The number of aromatic nitrogens is 2. The van der Waals surface area contributed by atoms with Crippen LogP contribution < -0.4 is 5.76 Å². The van der Waals surface area contributed by atoms with E-state index < -0.39 is 17.5 Å².